The normalized spacial score (nSPS) is 16.1. The standard InChI is InChI=1S/C23H16Cl2O/c24-20-14-19-13-18(12-11-16-7-3-1-4-8-16)22(17-9-5-2-6-10-17)26-23(19)21(25)15-20/h1-15,22H/b12-11+. The molecule has 3 heteroatoms. The Bertz CT molecular complexity index is 976. The van der Waals surface area contributed by atoms with Crippen molar-refractivity contribution in [3.8, 4) is 5.75 Å². The summed E-state index contributed by atoms with van der Waals surface area (Å²) in [5, 5.41) is 1.12. The zero-order chi connectivity index (χ0) is 17.9. The quantitative estimate of drug-likeness (QED) is 0.467. The molecule has 128 valence electrons. The summed E-state index contributed by atoms with van der Waals surface area (Å²) < 4.78 is 6.29. The van der Waals surface area contributed by atoms with Crippen LogP contribution in [0.25, 0.3) is 12.2 Å². The van der Waals surface area contributed by atoms with E-state index in [-0.39, 0.29) is 6.10 Å². The van der Waals surface area contributed by atoms with E-state index in [0.29, 0.717) is 15.8 Å². The zero-order valence-corrected chi connectivity index (χ0v) is 15.4. The number of ether oxygens (including phenoxy) is 1. The van der Waals surface area contributed by atoms with Gasteiger partial charge in [0.2, 0.25) is 0 Å². The van der Waals surface area contributed by atoms with E-state index in [9.17, 15) is 0 Å². The summed E-state index contributed by atoms with van der Waals surface area (Å²) in [6.45, 7) is 0. The van der Waals surface area contributed by atoms with Gasteiger partial charge in [-0.25, -0.2) is 0 Å². The smallest absolute Gasteiger partial charge is 0.149 e. The molecular weight excluding hydrogens is 363 g/mol. The Morgan fingerprint density at radius 3 is 2.23 bits per heavy atom. The third-order valence-electron chi connectivity index (χ3n) is 4.27. The van der Waals surface area contributed by atoms with E-state index in [1.54, 1.807) is 6.07 Å². The number of hydrogen-bond acceptors (Lipinski definition) is 1. The van der Waals surface area contributed by atoms with Crippen molar-refractivity contribution in [1.82, 2.24) is 0 Å². The Morgan fingerprint density at radius 2 is 1.50 bits per heavy atom. The van der Waals surface area contributed by atoms with Gasteiger partial charge in [0.25, 0.3) is 0 Å². The lowest BCUT2D eigenvalue weighted by atomic mass is 9.95. The lowest BCUT2D eigenvalue weighted by Crippen LogP contribution is -2.14. The summed E-state index contributed by atoms with van der Waals surface area (Å²) >= 11 is 12.5. The van der Waals surface area contributed by atoms with E-state index in [1.807, 2.05) is 42.5 Å². The molecular formula is C23H16Cl2O. The average Bonchev–Trinajstić information content (AvgIpc) is 2.67. The van der Waals surface area contributed by atoms with Crippen LogP contribution < -0.4 is 4.74 Å². The molecule has 3 aromatic carbocycles. The first-order chi connectivity index (χ1) is 12.7. The largest absolute Gasteiger partial charge is 0.479 e. The summed E-state index contributed by atoms with van der Waals surface area (Å²) in [5.74, 6) is 0.668. The van der Waals surface area contributed by atoms with Gasteiger partial charge >= 0.3 is 0 Å². The van der Waals surface area contributed by atoms with Gasteiger partial charge in [-0.05, 0) is 34.9 Å². The molecule has 1 aliphatic rings. The van der Waals surface area contributed by atoms with Gasteiger partial charge in [0.05, 0.1) is 5.02 Å². The van der Waals surface area contributed by atoms with Crippen molar-refractivity contribution in [2.45, 2.75) is 6.10 Å². The van der Waals surface area contributed by atoms with E-state index in [2.05, 4.69) is 42.5 Å². The SMILES string of the molecule is Clc1cc(Cl)c2c(c1)C=C(/C=C/c1ccccc1)C(c1ccccc1)O2. The minimum absolute atomic E-state index is 0.220. The highest BCUT2D eigenvalue weighted by Crippen LogP contribution is 2.43. The molecule has 0 amide bonds. The zero-order valence-electron chi connectivity index (χ0n) is 13.9. The van der Waals surface area contributed by atoms with Gasteiger partial charge in [-0.3, -0.25) is 0 Å². The number of fused-ring (bicyclic) bond motifs is 1. The van der Waals surface area contributed by atoms with Gasteiger partial charge in [-0.1, -0.05) is 96.0 Å². The third-order valence-corrected chi connectivity index (χ3v) is 4.77. The monoisotopic (exact) mass is 378 g/mol. The molecule has 0 aromatic heterocycles. The maximum absolute atomic E-state index is 6.36. The van der Waals surface area contributed by atoms with Crippen molar-refractivity contribution < 1.29 is 4.74 Å². The van der Waals surface area contributed by atoms with Crippen molar-refractivity contribution in [2.24, 2.45) is 0 Å². The van der Waals surface area contributed by atoms with Crippen LogP contribution in [0.2, 0.25) is 10.0 Å². The van der Waals surface area contributed by atoms with E-state index in [0.717, 1.165) is 22.3 Å². The molecule has 0 aliphatic carbocycles. The molecule has 3 aromatic rings. The van der Waals surface area contributed by atoms with Crippen LogP contribution in [-0.2, 0) is 0 Å². The molecule has 0 spiro atoms. The number of rotatable bonds is 3. The van der Waals surface area contributed by atoms with Crippen LogP contribution in [-0.4, -0.2) is 0 Å². The van der Waals surface area contributed by atoms with Crippen molar-refractivity contribution in [2.75, 3.05) is 0 Å². The minimum Gasteiger partial charge on any atom is -0.479 e. The van der Waals surface area contributed by atoms with Crippen molar-refractivity contribution in [3.63, 3.8) is 0 Å². The van der Waals surface area contributed by atoms with Gasteiger partial charge in [0.15, 0.2) is 0 Å². The van der Waals surface area contributed by atoms with Crippen molar-refractivity contribution >= 4 is 35.4 Å². The highest BCUT2D eigenvalue weighted by molar-refractivity contribution is 6.36. The number of hydrogen-bond donors (Lipinski definition) is 0. The Balaban J connectivity index is 1.79. The lowest BCUT2D eigenvalue weighted by molar-refractivity contribution is 0.243. The van der Waals surface area contributed by atoms with Crippen molar-refractivity contribution in [1.29, 1.82) is 0 Å². The highest BCUT2D eigenvalue weighted by atomic mass is 35.5. The molecule has 0 radical (unpaired) electrons. The first-order valence-corrected chi connectivity index (χ1v) is 9.12. The second-order valence-corrected chi connectivity index (χ2v) is 6.95. The first-order valence-electron chi connectivity index (χ1n) is 8.36. The Kier molecular flexibility index (Phi) is 4.83. The van der Waals surface area contributed by atoms with Crippen molar-refractivity contribution in [3.05, 3.63) is 111 Å². The number of benzene rings is 3. The van der Waals surface area contributed by atoms with E-state index in [4.69, 9.17) is 27.9 Å². The second kappa shape index (κ2) is 7.41. The molecule has 1 nitrogen and oxygen atoms in total. The third kappa shape index (κ3) is 3.55. The molecule has 0 N–H and O–H groups in total. The van der Waals surface area contributed by atoms with E-state index >= 15 is 0 Å². The molecule has 0 bridgehead atoms. The average molecular weight is 379 g/mol. The van der Waals surface area contributed by atoms with Crippen LogP contribution in [0.15, 0.2) is 84.4 Å². The molecule has 1 unspecified atom stereocenters. The van der Waals surface area contributed by atoms with Crippen LogP contribution in [0, 0.1) is 0 Å². The van der Waals surface area contributed by atoms with Crippen LogP contribution in [0.1, 0.15) is 22.8 Å². The molecule has 26 heavy (non-hydrogen) atoms. The molecule has 1 aliphatic heterocycles. The maximum Gasteiger partial charge on any atom is 0.149 e. The predicted octanol–water partition coefficient (Wildman–Crippen LogP) is 7.22. The molecule has 4 rings (SSSR count). The van der Waals surface area contributed by atoms with E-state index in [1.165, 1.54) is 0 Å². The molecule has 1 atom stereocenters. The van der Waals surface area contributed by atoms with Gasteiger partial charge < -0.3 is 4.74 Å². The summed E-state index contributed by atoms with van der Waals surface area (Å²) in [6, 6.07) is 23.9. The Labute approximate surface area is 163 Å². The topological polar surface area (TPSA) is 9.23 Å². The fourth-order valence-corrected chi connectivity index (χ4v) is 3.59. The summed E-state index contributed by atoms with van der Waals surface area (Å²) in [4.78, 5) is 0. The fourth-order valence-electron chi connectivity index (χ4n) is 3.03. The molecule has 1 heterocycles. The van der Waals surface area contributed by atoms with Gasteiger partial charge in [-0.15, -0.1) is 0 Å². The molecule has 0 saturated carbocycles. The first kappa shape index (κ1) is 17.0. The Hall–Kier alpha value is -2.48. The van der Waals surface area contributed by atoms with Gasteiger partial charge in [0, 0.05) is 10.6 Å². The molecule has 0 saturated heterocycles. The van der Waals surface area contributed by atoms with Crippen LogP contribution in [0.4, 0.5) is 0 Å². The fraction of sp³-hybridized carbons (Fsp3) is 0.0435. The highest BCUT2D eigenvalue weighted by Gasteiger charge is 2.25. The summed E-state index contributed by atoms with van der Waals surface area (Å²) in [5.41, 5.74) is 4.15. The van der Waals surface area contributed by atoms with Gasteiger partial charge in [-0.2, -0.15) is 0 Å². The lowest BCUT2D eigenvalue weighted by Gasteiger charge is -2.27. The van der Waals surface area contributed by atoms with Gasteiger partial charge in [0.1, 0.15) is 11.9 Å². The summed E-state index contributed by atoms with van der Waals surface area (Å²) in [7, 11) is 0. The van der Waals surface area contributed by atoms with Crippen LogP contribution in [0.5, 0.6) is 5.75 Å². The predicted molar refractivity (Wildman–Crippen MR) is 110 cm³/mol. The minimum atomic E-state index is -0.220. The number of halogens is 2. The van der Waals surface area contributed by atoms with Crippen LogP contribution >= 0.6 is 23.2 Å². The second-order valence-electron chi connectivity index (χ2n) is 6.10. The van der Waals surface area contributed by atoms with Crippen LogP contribution in [0.3, 0.4) is 0 Å². The maximum atomic E-state index is 6.36. The Morgan fingerprint density at radius 1 is 0.808 bits per heavy atom. The summed E-state index contributed by atoms with van der Waals surface area (Å²) in [6.07, 6.45) is 6.04. The molecule has 0 fully saturated rings. The van der Waals surface area contributed by atoms with E-state index < -0.39 is 0 Å².